The van der Waals surface area contributed by atoms with E-state index in [9.17, 15) is 0 Å². The Balaban J connectivity index is 2.66. The van der Waals surface area contributed by atoms with E-state index >= 15 is 0 Å². The van der Waals surface area contributed by atoms with E-state index in [0.29, 0.717) is 5.56 Å². The SMILES string of the molecule is COc1ccc(-c2coc(N)c2C#N)c(C)c1C. The molecule has 2 N–H and O–H groups in total. The van der Waals surface area contributed by atoms with Gasteiger partial charge in [-0.05, 0) is 36.6 Å². The normalized spacial score (nSPS) is 10.1. The molecule has 1 heterocycles. The molecule has 4 nitrogen and oxygen atoms in total. The number of furan rings is 1. The highest BCUT2D eigenvalue weighted by molar-refractivity contribution is 5.78. The van der Waals surface area contributed by atoms with Crippen molar-refractivity contribution in [2.45, 2.75) is 13.8 Å². The van der Waals surface area contributed by atoms with E-state index in [-0.39, 0.29) is 5.88 Å². The van der Waals surface area contributed by atoms with Gasteiger partial charge in [0.25, 0.3) is 0 Å². The third-order valence-corrected chi connectivity index (χ3v) is 3.18. The first-order valence-electron chi connectivity index (χ1n) is 5.51. The molecule has 0 unspecified atom stereocenters. The van der Waals surface area contributed by atoms with Crippen LogP contribution in [-0.2, 0) is 0 Å². The van der Waals surface area contributed by atoms with Crippen molar-refractivity contribution in [2.24, 2.45) is 0 Å². The highest BCUT2D eigenvalue weighted by atomic mass is 16.5. The first-order valence-corrected chi connectivity index (χ1v) is 5.51. The molecule has 4 heteroatoms. The van der Waals surface area contributed by atoms with Gasteiger partial charge in [-0.25, -0.2) is 0 Å². The number of ether oxygens (including phenoxy) is 1. The maximum absolute atomic E-state index is 9.10. The lowest BCUT2D eigenvalue weighted by atomic mass is 9.96. The van der Waals surface area contributed by atoms with Crippen molar-refractivity contribution >= 4 is 5.88 Å². The van der Waals surface area contributed by atoms with E-state index in [2.05, 4.69) is 6.07 Å². The van der Waals surface area contributed by atoms with Crippen LogP contribution in [0, 0.1) is 25.2 Å². The van der Waals surface area contributed by atoms with Gasteiger partial charge in [0.1, 0.15) is 23.6 Å². The summed E-state index contributed by atoms with van der Waals surface area (Å²) >= 11 is 0. The summed E-state index contributed by atoms with van der Waals surface area (Å²) in [6, 6.07) is 5.85. The predicted molar refractivity (Wildman–Crippen MR) is 69.3 cm³/mol. The van der Waals surface area contributed by atoms with Crippen molar-refractivity contribution in [3.8, 4) is 22.9 Å². The van der Waals surface area contributed by atoms with Crippen LogP contribution in [0.25, 0.3) is 11.1 Å². The van der Waals surface area contributed by atoms with Crippen molar-refractivity contribution in [3.63, 3.8) is 0 Å². The Hall–Kier alpha value is -2.41. The van der Waals surface area contributed by atoms with Gasteiger partial charge in [0, 0.05) is 5.56 Å². The minimum Gasteiger partial charge on any atom is -0.496 e. The number of nitrogen functional groups attached to an aromatic ring is 1. The Morgan fingerprint density at radius 1 is 1.22 bits per heavy atom. The average Bonchev–Trinajstić information content (AvgIpc) is 2.73. The average molecular weight is 242 g/mol. The number of nitrogens with two attached hydrogens (primary N) is 1. The minimum absolute atomic E-state index is 0.153. The van der Waals surface area contributed by atoms with Gasteiger partial charge in [-0.15, -0.1) is 0 Å². The maximum Gasteiger partial charge on any atom is 0.208 e. The van der Waals surface area contributed by atoms with Crippen LogP contribution in [0.4, 0.5) is 5.88 Å². The minimum atomic E-state index is 0.153. The van der Waals surface area contributed by atoms with Crippen LogP contribution in [0.5, 0.6) is 5.75 Å². The summed E-state index contributed by atoms with van der Waals surface area (Å²) in [4.78, 5) is 0. The van der Waals surface area contributed by atoms with Gasteiger partial charge in [0.2, 0.25) is 5.88 Å². The van der Waals surface area contributed by atoms with E-state index in [1.807, 2.05) is 26.0 Å². The van der Waals surface area contributed by atoms with E-state index in [4.69, 9.17) is 20.1 Å². The van der Waals surface area contributed by atoms with Crippen molar-refractivity contribution in [1.82, 2.24) is 0 Å². The molecule has 2 aromatic rings. The number of hydrogen-bond acceptors (Lipinski definition) is 4. The molecule has 18 heavy (non-hydrogen) atoms. The number of nitrogens with zero attached hydrogens (tertiary/aromatic N) is 1. The van der Waals surface area contributed by atoms with Gasteiger partial charge in [-0.3, -0.25) is 0 Å². The zero-order chi connectivity index (χ0) is 13.3. The Labute approximate surface area is 106 Å². The Bertz CT molecular complexity index is 636. The Morgan fingerprint density at radius 2 is 1.94 bits per heavy atom. The summed E-state index contributed by atoms with van der Waals surface area (Å²) in [6.07, 6.45) is 1.52. The molecule has 0 spiro atoms. The molecule has 0 saturated carbocycles. The number of anilines is 1. The molecule has 0 radical (unpaired) electrons. The van der Waals surface area contributed by atoms with Crippen LogP contribution in [-0.4, -0.2) is 7.11 Å². The second kappa shape index (κ2) is 4.46. The lowest BCUT2D eigenvalue weighted by molar-refractivity contribution is 0.411. The van der Waals surface area contributed by atoms with E-state index in [1.165, 1.54) is 6.26 Å². The topological polar surface area (TPSA) is 72.2 Å². The molecular formula is C14H14N2O2. The first-order chi connectivity index (χ1) is 8.60. The van der Waals surface area contributed by atoms with Crippen LogP contribution in [0.1, 0.15) is 16.7 Å². The molecule has 1 aromatic heterocycles. The summed E-state index contributed by atoms with van der Waals surface area (Å²) in [5.74, 6) is 0.978. The lowest BCUT2D eigenvalue weighted by Gasteiger charge is -2.11. The third kappa shape index (κ3) is 1.70. The molecule has 0 aliphatic carbocycles. The van der Waals surface area contributed by atoms with Crippen molar-refractivity contribution < 1.29 is 9.15 Å². The van der Waals surface area contributed by atoms with Crippen LogP contribution in [0.3, 0.4) is 0 Å². The monoisotopic (exact) mass is 242 g/mol. The zero-order valence-electron chi connectivity index (χ0n) is 10.6. The molecule has 0 bridgehead atoms. The molecule has 1 aromatic carbocycles. The molecule has 92 valence electrons. The molecule has 0 atom stereocenters. The second-order valence-electron chi connectivity index (χ2n) is 4.07. The van der Waals surface area contributed by atoms with Crippen LogP contribution < -0.4 is 10.5 Å². The smallest absolute Gasteiger partial charge is 0.208 e. The van der Waals surface area contributed by atoms with Crippen LogP contribution in [0.2, 0.25) is 0 Å². The molecule has 0 aliphatic heterocycles. The van der Waals surface area contributed by atoms with Crippen molar-refractivity contribution in [2.75, 3.05) is 12.8 Å². The molecule has 0 aliphatic rings. The summed E-state index contributed by atoms with van der Waals surface area (Å²) < 4.78 is 10.4. The zero-order valence-corrected chi connectivity index (χ0v) is 10.6. The summed E-state index contributed by atoms with van der Waals surface area (Å²) in [5, 5.41) is 9.10. The van der Waals surface area contributed by atoms with Gasteiger partial charge in [-0.1, -0.05) is 6.07 Å². The van der Waals surface area contributed by atoms with Gasteiger partial charge >= 0.3 is 0 Å². The van der Waals surface area contributed by atoms with Gasteiger partial charge in [0.15, 0.2) is 0 Å². The molecule has 0 saturated heterocycles. The Kier molecular flexibility index (Phi) is 2.99. The van der Waals surface area contributed by atoms with Crippen LogP contribution in [0.15, 0.2) is 22.8 Å². The number of nitriles is 1. The highest BCUT2D eigenvalue weighted by Gasteiger charge is 2.16. The summed E-state index contributed by atoms with van der Waals surface area (Å²) in [6.45, 7) is 3.96. The maximum atomic E-state index is 9.10. The number of methoxy groups -OCH3 is 1. The fourth-order valence-corrected chi connectivity index (χ4v) is 2.00. The largest absolute Gasteiger partial charge is 0.496 e. The number of hydrogen-bond donors (Lipinski definition) is 1. The lowest BCUT2D eigenvalue weighted by Crippen LogP contribution is -1.94. The quantitative estimate of drug-likeness (QED) is 0.878. The molecule has 0 amide bonds. The first kappa shape index (κ1) is 12.1. The van der Waals surface area contributed by atoms with Gasteiger partial charge in [-0.2, -0.15) is 5.26 Å². The fourth-order valence-electron chi connectivity index (χ4n) is 2.00. The van der Waals surface area contributed by atoms with E-state index in [1.54, 1.807) is 7.11 Å². The molecule has 2 rings (SSSR count). The van der Waals surface area contributed by atoms with Crippen molar-refractivity contribution in [3.05, 3.63) is 35.1 Å². The highest BCUT2D eigenvalue weighted by Crippen LogP contribution is 2.35. The predicted octanol–water partition coefficient (Wildman–Crippen LogP) is 3.03. The third-order valence-electron chi connectivity index (χ3n) is 3.18. The van der Waals surface area contributed by atoms with Crippen molar-refractivity contribution in [1.29, 1.82) is 5.26 Å². The van der Waals surface area contributed by atoms with Gasteiger partial charge < -0.3 is 14.9 Å². The second-order valence-corrected chi connectivity index (χ2v) is 4.07. The Morgan fingerprint density at radius 3 is 2.56 bits per heavy atom. The van der Waals surface area contributed by atoms with Crippen LogP contribution >= 0.6 is 0 Å². The number of rotatable bonds is 2. The van der Waals surface area contributed by atoms with E-state index in [0.717, 1.165) is 28.0 Å². The summed E-state index contributed by atoms with van der Waals surface area (Å²) in [7, 11) is 1.64. The number of benzene rings is 1. The standard InChI is InChI=1S/C14H14N2O2/c1-8-9(2)13(17-3)5-4-10(8)12-7-18-14(16)11(12)6-15/h4-5,7H,16H2,1-3H3. The van der Waals surface area contributed by atoms with Gasteiger partial charge in [0.05, 0.1) is 7.11 Å². The fraction of sp³-hybridized carbons (Fsp3) is 0.214. The molecular weight excluding hydrogens is 228 g/mol. The molecule has 0 fully saturated rings. The summed E-state index contributed by atoms with van der Waals surface area (Å²) in [5.41, 5.74) is 9.74. The van der Waals surface area contributed by atoms with E-state index < -0.39 is 0 Å².